The lowest BCUT2D eigenvalue weighted by atomic mass is 10.1. The fourth-order valence-electron chi connectivity index (χ4n) is 2.52. The van der Waals surface area contributed by atoms with Gasteiger partial charge >= 0.3 is 0 Å². The molecule has 0 aliphatic carbocycles. The van der Waals surface area contributed by atoms with Gasteiger partial charge in [-0.2, -0.15) is 0 Å². The van der Waals surface area contributed by atoms with Crippen LogP contribution in [0.1, 0.15) is 23.4 Å². The first-order valence-corrected chi connectivity index (χ1v) is 9.83. The molecule has 1 amide bonds. The smallest absolute Gasteiger partial charge is 0.230 e. The van der Waals surface area contributed by atoms with Crippen molar-refractivity contribution < 1.29 is 4.79 Å². The summed E-state index contributed by atoms with van der Waals surface area (Å²) < 4.78 is 1.93. The molecule has 1 aromatic carbocycles. The quantitative estimate of drug-likeness (QED) is 0.668. The Hall–Kier alpha value is -2.12. The lowest BCUT2D eigenvalue weighted by molar-refractivity contribution is -0.119. The van der Waals surface area contributed by atoms with Gasteiger partial charge in [-0.1, -0.05) is 42.1 Å². The molecule has 2 aromatic heterocycles. The summed E-state index contributed by atoms with van der Waals surface area (Å²) in [5.41, 5.74) is 2.21. The molecule has 0 unspecified atom stereocenters. The van der Waals surface area contributed by atoms with E-state index in [1.807, 2.05) is 54.3 Å². The van der Waals surface area contributed by atoms with E-state index in [4.69, 9.17) is 0 Å². The van der Waals surface area contributed by atoms with Crippen LogP contribution in [0.15, 0.2) is 46.9 Å². The van der Waals surface area contributed by atoms with Gasteiger partial charge in [-0.25, -0.2) is 0 Å². The molecule has 1 N–H and O–H groups in total. The fourth-order valence-corrected chi connectivity index (χ4v) is 3.98. The van der Waals surface area contributed by atoms with Crippen molar-refractivity contribution in [3.8, 4) is 11.4 Å². The number of rotatable bonds is 6. The number of nitrogens with zero attached hydrogens (tertiary/aromatic N) is 3. The molecule has 3 rings (SSSR count). The Morgan fingerprint density at radius 1 is 1.28 bits per heavy atom. The normalized spacial score (nSPS) is 12.1. The van der Waals surface area contributed by atoms with Crippen LogP contribution in [0.5, 0.6) is 0 Å². The van der Waals surface area contributed by atoms with Crippen LogP contribution in [0.3, 0.4) is 0 Å². The van der Waals surface area contributed by atoms with Crippen molar-refractivity contribution in [1.82, 2.24) is 20.1 Å². The summed E-state index contributed by atoms with van der Waals surface area (Å²) in [6.45, 7) is 4.04. The van der Waals surface area contributed by atoms with E-state index >= 15 is 0 Å². The van der Waals surface area contributed by atoms with Crippen molar-refractivity contribution in [2.45, 2.75) is 25.0 Å². The number of thioether (sulfide) groups is 1. The lowest BCUT2D eigenvalue weighted by Gasteiger charge is -2.11. The molecule has 1 atom stereocenters. The number of hydrogen-bond donors (Lipinski definition) is 1. The van der Waals surface area contributed by atoms with E-state index in [0.717, 1.165) is 27.0 Å². The van der Waals surface area contributed by atoms with E-state index < -0.39 is 0 Å². The molecule has 0 saturated heterocycles. The van der Waals surface area contributed by atoms with Crippen molar-refractivity contribution >= 4 is 29.0 Å². The van der Waals surface area contributed by atoms with E-state index in [0.29, 0.717) is 5.75 Å². The Labute approximate surface area is 155 Å². The highest BCUT2D eigenvalue weighted by atomic mass is 32.2. The molecule has 25 heavy (non-hydrogen) atoms. The maximum Gasteiger partial charge on any atom is 0.230 e. The second kappa shape index (κ2) is 7.84. The van der Waals surface area contributed by atoms with Crippen molar-refractivity contribution in [3.63, 3.8) is 0 Å². The predicted octanol–water partition coefficient (Wildman–Crippen LogP) is 3.82. The van der Waals surface area contributed by atoms with Gasteiger partial charge in [-0.15, -0.1) is 21.5 Å². The monoisotopic (exact) mass is 372 g/mol. The molecule has 2 heterocycles. The summed E-state index contributed by atoms with van der Waals surface area (Å²) in [6.07, 6.45) is 0. The van der Waals surface area contributed by atoms with Gasteiger partial charge in [0.25, 0.3) is 0 Å². The number of carbonyl (C=O) groups excluding carboxylic acids is 1. The second-order valence-electron chi connectivity index (χ2n) is 5.77. The molecule has 0 aliphatic heterocycles. The van der Waals surface area contributed by atoms with Crippen molar-refractivity contribution in [3.05, 3.63) is 52.2 Å². The second-order valence-corrected chi connectivity index (χ2v) is 7.70. The van der Waals surface area contributed by atoms with E-state index in [2.05, 4.69) is 28.5 Å². The van der Waals surface area contributed by atoms with Gasteiger partial charge in [0.05, 0.1) is 11.8 Å². The topological polar surface area (TPSA) is 59.8 Å². The average Bonchev–Trinajstić information content (AvgIpc) is 3.24. The zero-order chi connectivity index (χ0) is 17.8. The molecule has 3 aromatic rings. The van der Waals surface area contributed by atoms with Gasteiger partial charge in [0.1, 0.15) is 0 Å². The summed E-state index contributed by atoms with van der Waals surface area (Å²) in [5, 5.41) is 14.3. The third-order valence-corrected chi connectivity index (χ3v) is 5.98. The third-order valence-electron chi connectivity index (χ3n) is 3.90. The minimum atomic E-state index is -0.00802. The molecule has 5 nitrogen and oxygen atoms in total. The summed E-state index contributed by atoms with van der Waals surface area (Å²) >= 11 is 3.04. The minimum Gasteiger partial charge on any atom is -0.348 e. The summed E-state index contributed by atoms with van der Waals surface area (Å²) in [5.74, 6) is 1.12. The SMILES string of the molecule is Cc1ccccc1-c1nnc(SCC(=O)N[C@H](C)c2cccs2)n1C. The third kappa shape index (κ3) is 4.11. The molecule has 0 aliphatic rings. The van der Waals surface area contributed by atoms with Crippen LogP contribution in [0.2, 0.25) is 0 Å². The van der Waals surface area contributed by atoms with Crippen LogP contribution in [0, 0.1) is 6.92 Å². The zero-order valence-electron chi connectivity index (χ0n) is 14.4. The van der Waals surface area contributed by atoms with Gasteiger partial charge in [-0.05, 0) is 30.9 Å². The molecular formula is C18H20N4OS2. The molecular weight excluding hydrogens is 352 g/mol. The number of aromatic nitrogens is 3. The van der Waals surface area contributed by atoms with Gasteiger partial charge in [0.2, 0.25) is 5.91 Å². The number of nitrogens with one attached hydrogen (secondary N) is 1. The highest BCUT2D eigenvalue weighted by Gasteiger charge is 2.15. The van der Waals surface area contributed by atoms with E-state index in [1.165, 1.54) is 11.8 Å². The first-order chi connectivity index (χ1) is 12.1. The van der Waals surface area contributed by atoms with Gasteiger partial charge in [0, 0.05) is 17.5 Å². The molecule has 130 valence electrons. The number of thiophene rings is 1. The largest absolute Gasteiger partial charge is 0.348 e. The van der Waals surface area contributed by atoms with Crippen LogP contribution in [-0.4, -0.2) is 26.4 Å². The van der Waals surface area contributed by atoms with Crippen molar-refractivity contribution in [2.24, 2.45) is 7.05 Å². The first kappa shape index (κ1) is 17.7. The molecule has 0 saturated carbocycles. The average molecular weight is 373 g/mol. The van der Waals surface area contributed by atoms with E-state index in [-0.39, 0.29) is 11.9 Å². The van der Waals surface area contributed by atoms with Crippen LogP contribution in [-0.2, 0) is 11.8 Å². The Bertz CT molecular complexity index is 858. The molecule has 7 heteroatoms. The number of hydrogen-bond acceptors (Lipinski definition) is 5. The number of carbonyl (C=O) groups is 1. The molecule has 0 fully saturated rings. The van der Waals surface area contributed by atoms with Crippen LogP contribution in [0.25, 0.3) is 11.4 Å². The molecule has 0 spiro atoms. The van der Waals surface area contributed by atoms with Crippen LogP contribution in [0.4, 0.5) is 0 Å². The zero-order valence-corrected chi connectivity index (χ0v) is 16.0. The number of aryl methyl sites for hydroxylation is 1. The van der Waals surface area contributed by atoms with Crippen LogP contribution < -0.4 is 5.32 Å². The van der Waals surface area contributed by atoms with Crippen molar-refractivity contribution in [2.75, 3.05) is 5.75 Å². The summed E-state index contributed by atoms with van der Waals surface area (Å²) in [6, 6.07) is 12.1. The Balaban J connectivity index is 1.62. The van der Waals surface area contributed by atoms with Gasteiger partial charge < -0.3 is 9.88 Å². The first-order valence-electron chi connectivity index (χ1n) is 7.97. The molecule has 0 bridgehead atoms. The summed E-state index contributed by atoms with van der Waals surface area (Å²) in [7, 11) is 1.93. The predicted molar refractivity (Wildman–Crippen MR) is 103 cm³/mol. The summed E-state index contributed by atoms with van der Waals surface area (Å²) in [4.78, 5) is 13.3. The van der Waals surface area contributed by atoms with Gasteiger partial charge in [0.15, 0.2) is 11.0 Å². The fraction of sp³-hybridized carbons (Fsp3) is 0.278. The number of amides is 1. The maximum absolute atomic E-state index is 12.2. The lowest BCUT2D eigenvalue weighted by Crippen LogP contribution is -2.27. The maximum atomic E-state index is 12.2. The minimum absolute atomic E-state index is 0.00802. The highest BCUT2D eigenvalue weighted by Crippen LogP contribution is 2.25. The van der Waals surface area contributed by atoms with Crippen LogP contribution >= 0.6 is 23.1 Å². The van der Waals surface area contributed by atoms with E-state index in [9.17, 15) is 4.79 Å². The Morgan fingerprint density at radius 3 is 2.80 bits per heavy atom. The Kier molecular flexibility index (Phi) is 5.55. The number of benzene rings is 1. The standard InChI is InChI=1S/C18H20N4OS2/c1-12-7-4-5-8-14(12)17-20-21-18(22(17)3)25-11-16(23)19-13(2)15-9-6-10-24-15/h4-10,13H,11H2,1-3H3,(H,19,23)/t13-/m1/s1. The molecule has 0 radical (unpaired) electrons. The van der Waals surface area contributed by atoms with E-state index in [1.54, 1.807) is 11.3 Å². The van der Waals surface area contributed by atoms with Crippen molar-refractivity contribution in [1.29, 1.82) is 0 Å². The highest BCUT2D eigenvalue weighted by molar-refractivity contribution is 7.99. The Morgan fingerprint density at radius 2 is 2.08 bits per heavy atom. The van der Waals surface area contributed by atoms with Gasteiger partial charge in [-0.3, -0.25) is 4.79 Å².